The summed E-state index contributed by atoms with van der Waals surface area (Å²) in [6.07, 6.45) is 3.22. The first-order valence-corrected chi connectivity index (χ1v) is 7.91. The van der Waals surface area contributed by atoms with E-state index in [2.05, 4.69) is 22.1 Å². The highest BCUT2D eigenvalue weighted by Gasteiger charge is 2.24. The molecule has 1 heterocycles. The van der Waals surface area contributed by atoms with Crippen molar-refractivity contribution in [3.05, 3.63) is 83.2 Å². The summed E-state index contributed by atoms with van der Waals surface area (Å²) in [7, 11) is 0. The SMILES string of the molecule is O=[N+]([O-])c1ccc(-c2c3cccc2-3)cc1.Oc1ccc2nccnc2c1. The molecule has 0 atom stereocenters. The number of aromatic hydroxyl groups is 1. The van der Waals surface area contributed by atoms with Gasteiger partial charge < -0.3 is 5.11 Å². The van der Waals surface area contributed by atoms with E-state index < -0.39 is 0 Å². The lowest BCUT2D eigenvalue weighted by Gasteiger charge is -1.94. The minimum absolute atomic E-state index is 0.139. The summed E-state index contributed by atoms with van der Waals surface area (Å²) in [5.41, 5.74) is 6.48. The van der Waals surface area contributed by atoms with Crippen LogP contribution in [-0.2, 0) is 0 Å². The fourth-order valence-electron chi connectivity index (χ4n) is 2.82. The lowest BCUT2D eigenvalue weighted by molar-refractivity contribution is -0.384. The molecule has 0 fully saturated rings. The monoisotopic (exact) mass is 343 g/mol. The van der Waals surface area contributed by atoms with Gasteiger partial charge in [-0.25, -0.2) is 0 Å². The number of benzene rings is 3. The van der Waals surface area contributed by atoms with Crippen LogP contribution >= 0.6 is 0 Å². The molecule has 6 nitrogen and oxygen atoms in total. The second-order valence-electron chi connectivity index (χ2n) is 5.76. The molecule has 2 aromatic carbocycles. The number of nitro groups is 1. The van der Waals surface area contributed by atoms with Crippen LogP contribution < -0.4 is 0 Å². The highest BCUT2D eigenvalue weighted by molar-refractivity contribution is 6.07. The van der Waals surface area contributed by atoms with Crippen molar-refractivity contribution in [1.82, 2.24) is 9.97 Å². The van der Waals surface area contributed by atoms with Gasteiger partial charge in [-0.2, -0.15) is 0 Å². The van der Waals surface area contributed by atoms with E-state index in [9.17, 15) is 10.1 Å². The lowest BCUT2D eigenvalue weighted by Crippen LogP contribution is -1.86. The Kier molecular flexibility index (Phi) is 3.78. The highest BCUT2D eigenvalue weighted by atomic mass is 16.6. The Morgan fingerprint density at radius 2 is 1.50 bits per heavy atom. The van der Waals surface area contributed by atoms with Crippen LogP contribution in [0.3, 0.4) is 0 Å². The molecule has 0 radical (unpaired) electrons. The van der Waals surface area contributed by atoms with E-state index in [0.717, 1.165) is 11.1 Å². The molecule has 0 unspecified atom stereocenters. The molecule has 1 aromatic heterocycles. The molecular formula is C20H13N3O3. The zero-order valence-electron chi connectivity index (χ0n) is 13.5. The van der Waals surface area contributed by atoms with Gasteiger partial charge in [0.2, 0.25) is 0 Å². The fourth-order valence-corrected chi connectivity index (χ4v) is 2.82. The summed E-state index contributed by atoms with van der Waals surface area (Å²) in [6.45, 7) is 0. The molecule has 126 valence electrons. The zero-order chi connectivity index (χ0) is 18.1. The Hall–Kier alpha value is -3.80. The van der Waals surface area contributed by atoms with Crippen LogP contribution in [0.5, 0.6) is 5.75 Å². The maximum absolute atomic E-state index is 10.5. The first-order valence-electron chi connectivity index (χ1n) is 7.91. The molecule has 0 amide bonds. The van der Waals surface area contributed by atoms with Crippen LogP contribution in [0.15, 0.2) is 73.1 Å². The summed E-state index contributed by atoms with van der Waals surface area (Å²) in [4.78, 5) is 18.2. The van der Waals surface area contributed by atoms with Gasteiger partial charge in [0, 0.05) is 30.6 Å². The maximum atomic E-state index is 10.5. The van der Waals surface area contributed by atoms with E-state index in [4.69, 9.17) is 5.11 Å². The van der Waals surface area contributed by atoms with Gasteiger partial charge in [0.05, 0.1) is 16.0 Å². The van der Waals surface area contributed by atoms with Gasteiger partial charge in [0.25, 0.3) is 5.69 Å². The molecule has 2 aliphatic carbocycles. The fraction of sp³-hybridized carbons (Fsp3) is 0. The first-order chi connectivity index (χ1) is 12.6. The van der Waals surface area contributed by atoms with E-state index in [-0.39, 0.29) is 16.4 Å². The van der Waals surface area contributed by atoms with Crippen LogP contribution in [0.25, 0.3) is 33.3 Å². The smallest absolute Gasteiger partial charge is 0.269 e. The molecule has 26 heavy (non-hydrogen) atoms. The van der Waals surface area contributed by atoms with Crippen LogP contribution in [-0.4, -0.2) is 20.0 Å². The Balaban J connectivity index is 0.000000136. The standard InChI is InChI=1S/C12H7NO2.C8H6N2O/c14-13(15)9-6-4-8(5-7-9)12-10-2-1-3-11(10)12;11-6-1-2-7-8(5-6)10-4-3-9-7/h1-7H;1-5,11H. The Bertz CT molecular complexity index is 1100. The molecule has 6 heteroatoms. The van der Waals surface area contributed by atoms with Crippen LogP contribution in [0.2, 0.25) is 0 Å². The summed E-state index contributed by atoms with van der Waals surface area (Å²) in [5, 5.41) is 19.5. The number of non-ortho nitro benzene ring substituents is 1. The zero-order valence-corrected chi connectivity index (χ0v) is 13.5. The number of rotatable bonds is 2. The van der Waals surface area contributed by atoms with Crippen molar-refractivity contribution in [2.45, 2.75) is 0 Å². The van der Waals surface area contributed by atoms with Crippen LogP contribution in [0.1, 0.15) is 0 Å². The maximum Gasteiger partial charge on any atom is 0.269 e. The molecule has 0 saturated carbocycles. The molecule has 0 saturated heterocycles. The van der Waals surface area contributed by atoms with E-state index >= 15 is 0 Å². The third-order valence-corrected chi connectivity index (χ3v) is 4.11. The minimum Gasteiger partial charge on any atom is -0.508 e. The number of nitro benzene ring substituents is 1. The summed E-state index contributed by atoms with van der Waals surface area (Å²) in [5.74, 6) is 0.220. The van der Waals surface area contributed by atoms with Crippen molar-refractivity contribution in [2.24, 2.45) is 0 Å². The summed E-state index contributed by atoms with van der Waals surface area (Å²) < 4.78 is 0. The molecule has 0 bridgehead atoms. The van der Waals surface area contributed by atoms with E-state index in [0.29, 0.717) is 5.52 Å². The lowest BCUT2D eigenvalue weighted by atomic mass is 10.1. The van der Waals surface area contributed by atoms with Crippen molar-refractivity contribution in [1.29, 1.82) is 0 Å². The molecule has 5 rings (SSSR count). The molecule has 3 aromatic rings. The second-order valence-corrected chi connectivity index (χ2v) is 5.76. The van der Waals surface area contributed by atoms with Crippen LogP contribution in [0, 0.1) is 10.1 Å². The number of hydrogen-bond donors (Lipinski definition) is 1. The number of phenols is 1. The van der Waals surface area contributed by atoms with Crippen molar-refractivity contribution >= 4 is 16.7 Å². The van der Waals surface area contributed by atoms with E-state index in [1.165, 1.54) is 16.7 Å². The van der Waals surface area contributed by atoms with E-state index in [1.807, 2.05) is 6.07 Å². The Morgan fingerprint density at radius 1 is 0.846 bits per heavy atom. The minimum atomic E-state index is -0.380. The summed E-state index contributed by atoms with van der Waals surface area (Å²) in [6, 6.07) is 17.7. The van der Waals surface area contributed by atoms with Gasteiger partial charge in [0.1, 0.15) is 5.75 Å². The molecule has 0 spiro atoms. The molecule has 0 aliphatic heterocycles. The number of aromatic nitrogens is 2. The van der Waals surface area contributed by atoms with Gasteiger partial charge >= 0.3 is 0 Å². The van der Waals surface area contributed by atoms with Crippen molar-refractivity contribution in [3.63, 3.8) is 0 Å². The van der Waals surface area contributed by atoms with Gasteiger partial charge in [-0.05, 0) is 46.5 Å². The molecule has 2 aliphatic rings. The average molecular weight is 343 g/mol. The van der Waals surface area contributed by atoms with Gasteiger partial charge in [-0.1, -0.05) is 18.2 Å². The largest absolute Gasteiger partial charge is 0.508 e. The first kappa shape index (κ1) is 15.7. The Morgan fingerprint density at radius 3 is 2.15 bits per heavy atom. The van der Waals surface area contributed by atoms with Crippen molar-refractivity contribution < 1.29 is 10.0 Å². The highest BCUT2D eigenvalue weighted by Crippen LogP contribution is 2.50. The molecule has 1 N–H and O–H groups in total. The third-order valence-electron chi connectivity index (χ3n) is 4.11. The third kappa shape index (κ3) is 2.95. The predicted molar refractivity (Wildman–Crippen MR) is 98.7 cm³/mol. The Labute approximate surface area is 148 Å². The van der Waals surface area contributed by atoms with Gasteiger partial charge in [-0.3, -0.25) is 20.1 Å². The van der Waals surface area contributed by atoms with Crippen molar-refractivity contribution in [3.8, 4) is 28.0 Å². The number of nitrogens with zero attached hydrogens (tertiary/aromatic N) is 3. The van der Waals surface area contributed by atoms with Crippen LogP contribution in [0.4, 0.5) is 5.69 Å². The number of fused-ring (bicyclic) bond motifs is 2. The van der Waals surface area contributed by atoms with E-state index in [1.54, 1.807) is 54.9 Å². The topological polar surface area (TPSA) is 89.2 Å². The summed E-state index contributed by atoms with van der Waals surface area (Å²) >= 11 is 0. The number of hydrogen-bond acceptors (Lipinski definition) is 5. The normalized spacial score (nSPS) is 10.8. The number of phenolic OH excluding ortho intramolecular Hbond substituents is 1. The molecular weight excluding hydrogens is 330 g/mol. The average Bonchev–Trinajstić information content (AvgIpc) is 3.13. The quantitative estimate of drug-likeness (QED) is 0.374. The second kappa shape index (κ2) is 6.25. The van der Waals surface area contributed by atoms with Gasteiger partial charge in [0.15, 0.2) is 0 Å². The van der Waals surface area contributed by atoms with Gasteiger partial charge in [-0.15, -0.1) is 0 Å². The predicted octanol–water partition coefficient (Wildman–Crippen LogP) is 4.58. The van der Waals surface area contributed by atoms with Crippen molar-refractivity contribution in [2.75, 3.05) is 0 Å².